The highest BCUT2D eigenvalue weighted by molar-refractivity contribution is 5.24. The van der Waals surface area contributed by atoms with Crippen molar-refractivity contribution in [3.63, 3.8) is 0 Å². The van der Waals surface area contributed by atoms with Gasteiger partial charge in [0, 0.05) is 6.07 Å². The summed E-state index contributed by atoms with van der Waals surface area (Å²) in [4.78, 5) is 0. The number of unbranched alkanes of at least 4 members (excludes halogenated alkanes) is 1. The maximum absolute atomic E-state index is 14.7. The Kier molecular flexibility index (Phi) is 9.80. The summed E-state index contributed by atoms with van der Waals surface area (Å²) in [5.41, 5.74) is 1.65. The maximum Gasteiger partial charge on any atom is 0.400 e. The molecule has 1 aromatic rings. The van der Waals surface area contributed by atoms with Crippen molar-refractivity contribution in [3.8, 4) is 5.75 Å². The zero-order valence-electron chi connectivity index (χ0n) is 21.9. The largest absolute Gasteiger partial charge is 0.432 e. The van der Waals surface area contributed by atoms with E-state index in [2.05, 4.69) is 13.0 Å². The summed E-state index contributed by atoms with van der Waals surface area (Å²) in [7, 11) is 0. The van der Waals surface area contributed by atoms with Crippen LogP contribution >= 0.6 is 0 Å². The molecule has 1 atom stereocenters. The first-order chi connectivity index (χ1) is 17.3. The second-order valence-electron chi connectivity index (χ2n) is 11.8. The fraction of sp³-hybridized carbons (Fsp3) is 0.742. The molecule has 0 bridgehead atoms. The van der Waals surface area contributed by atoms with Crippen LogP contribution in [0.2, 0.25) is 0 Å². The van der Waals surface area contributed by atoms with Crippen molar-refractivity contribution in [1.29, 1.82) is 0 Å². The van der Waals surface area contributed by atoms with E-state index in [1.165, 1.54) is 77.0 Å². The molecule has 3 aliphatic rings. The Morgan fingerprint density at radius 3 is 2.03 bits per heavy atom. The highest BCUT2D eigenvalue weighted by atomic mass is 19.3. The van der Waals surface area contributed by atoms with E-state index in [0.717, 1.165) is 36.8 Å². The zero-order chi connectivity index (χ0) is 25.5. The van der Waals surface area contributed by atoms with E-state index in [4.69, 9.17) is 4.74 Å². The van der Waals surface area contributed by atoms with Gasteiger partial charge in [0.1, 0.15) is 5.75 Å². The molecule has 1 nitrogen and oxygen atoms in total. The first-order valence-corrected chi connectivity index (χ1v) is 14.5. The molecule has 1 unspecified atom stereocenters. The summed E-state index contributed by atoms with van der Waals surface area (Å²) in [6.45, 7) is 2.27. The lowest BCUT2D eigenvalue weighted by atomic mass is 9.68. The number of allylic oxidation sites excluding steroid dienone is 2. The SMILES string of the molecule is CCC1=CCC(CCCCC2CCC(C3CCC(C(F)(F)Oc4ccc(F)c(F)c4)CC3)CC2)CC1. The van der Waals surface area contributed by atoms with E-state index in [9.17, 15) is 17.6 Å². The number of ether oxygens (including phenoxy) is 1. The van der Waals surface area contributed by atoms with Crippen LogP contribution in [0.3, 0.4) is 0 Å². The topological polar surface area (TPSA) is 9.23 Å². The molecule has 0 heterocycles. The molecule has 1 aromatic carbocycles. The lowest BCUT2D eigenvalue weighted by Crippen LogP contribution is -2.38. The molecule has 0 N–H and O–H groups in total. The molecule has 2 saturated carbocycles. The Hall–Kier alpha value is -1.52. The van der Waals surface area contributed by atoms with Gasteiger partial charge >= 0.3 is 6.11 Å². The molecule has 0 saturated heterocycles. The van der Waals surface area contributed by atoms with Crippen molar-refractivity contribution in [3.05, 3.63) is 41.5 Å². The van der Waals surface area contributed by atoms with E-state index >= 15 is 0 Å². The minimum absolute atomic E-state index is 0.319. The van der Waals surface area contributed by atoms with Gasteiger partial charge in [-0.15, -0.1) is 0 Å². The highest BCUT2D eigenvalue weighted by Gasteiger charge is 2.45. The third-order valence-electron chi connectivity index (χ3n) is 9.49. The Morgan fingerprint density at radius 2 is 1.44 bits per heavy atom. The van der Waals surface area contributed by atoms with E-state index in [0.29, 0.717) is 30.7 Å². The first-order valence-electron chi connectivity index (χ1n) is 14.5. The van der Waals surface area contributed by atoms with Crippen LogP contribution < -0.4 is 4.74 Å². The Morgan fingerprint density at radius 1 is 0.806 bits per heavy atom. The van der Waals surface area contributed by atoms with E-state index in [1.807, 2.05) is 0 Å². The summed E-state index contributed by atoms with van der Waals surface area (Å²) in [5.74, 6) is -0.464. The van der Waals surface area contributed by atoms with Gasteiger partial charge in [0.05, 0.1) is 5.92 Å². The van der Waals surface area contributed by atoms with Gasteiger partial charge in [-0.05, 0) is 100 Å². The van der Waals surface area contributed by atoms with Crippen LogP contribution in [0.1, 0.15) is 110 Å². The van der Waals surface area contributed by atoms with Gasteiger partial charge < -0.3 is 4.74 Å². The van der Waals surface area contributed by atoms with Crippen molar-refractivity contribution in [2.24, 2.45) is 29.6 Å². The first kappa shape index (κ1) is 27.5. The number of hydrogen-bond donors (Lipinski definition) is 0. The second kappa shape index (κ2) is 12.8. The summed E-state index contributed by atoms with van der Waals surface area (Å²) >= 11 is 0. The monoisotopic (exact) mass is 508 g/mol. The lowest BCUT2D eigenvalue weighted by molar-refractivity contribution is -0.224. The average molecular weight is 509 g/mol. The lowest BCUT2D eigenvalue weighted by Gasteiger charge is -2.39. The fourth-order valence-corrected chi connectivity index (χ4v) is 7.05. The van der Waals surface area contributed by atoms with Crippen molar-refractivity contribution >= 4 is 0 Å². The van der Waals surface area contributed by atoms with Crippen LogP contribution in [0.25, 0.3) is 0 Å². The number of alkyl halides is 2. The van der Waals surface area contributed by atoms with E-state index < -0.39 is 23.7 Å². The predicted octanol–water partition coefficient (Wildman–Crippen LogP) is 10.2. The van der Waals surface area contributed by atoms with Crippen molar-refractivity contribution in [2.45, 2.75) is 116 Å². The molecule has 2 fully saturated rings. The van der Waals surface area contributed by atoms with Crippen molar-refractivity contribution in [1.82, 2.24) is 0 Å². The molecular formula is C31H44F4O. The van der Waals surface area contributed by atoms with Crippen LogP contribution in [-0.2, 0) is 0 Å². The molecule has 3 aliphatic carbocycles. The van der Waals surface area contributed by atoms with Crippen LogP contribution in [0.4, 0.5) is 17.6 Å². The zero-order valence-corrected chi connectivity index (χ0v) is 21.9. The molecule has 0 radical (unpaired) electrons. The summed E-state index contributed by atoms with van der Waals surface area (Å²) in [5, 5.41) is 0. The normalized spacial score (nSPS) is 29.6. The molecule has 0 aliphatic heterocycles. The fourth-order valence-electron chi connectivity index (χ4n) is 7.05. The number of halogens is 4. The molecule has 36 heavy (non-hydrogen) atoms. The van der Waals surface area contributed by atoms with Gasteiger partial charge in [-0.1, -0.05) is 57.1 Å². The molecule has 0 aromatic heterocycles. The number of rotatable bonds is 10. The van der Waals surface area contributed by atoms with Crippen LogP contribution in [0, 0.1) is 41.2 Å². The van der Waals surface area contributed by atoms with Gasteiger partial charge in [0.2, 0.25) is 0 Å². The van der Waals surface area contributed by atoms with Crippen molar-refractivity contribution < 1.29 is 22.3 Å². The summed E-state index contributed by atoms with van der Waals surface area (Å²) in [6, 6.07) is 2.58. The van der Waals surface area contributed by atoms with Crippen molar-refractivity contribution in [2.75, 3.05) is 0 Å². The standard InChI is InChI=1S/C31H44F4O/c1-2-22-7-9-23(10-8-22)5-3-4-6-24-11-13-25(14-12-24)26-15-17-27(18-16-26)31(34,35)36-28-19-20-29(32)30(33)21-28/h7,19-21,23-27H,2-6,8-18H2,1H3. The van der Waals surface area contributed by atoms with Gasteiger partial charge in [-0.2, -0.15) is 8.78 Å². The second-order valence-corrected chi connectivity index (χ2v) is 11.8. The molecule has 0 amide bonds. The molecule has 202 valence electrons. The van der Waals surface area contributed by atoms with Gasteiger partial charge in [0.25, 0.3) is 0 Å². The predicted molar refractivity (Wildman–Crippen MR) is 137 cm³/mol. The Labute approximate surface area is 215 Å². The third-order valence-corrected chi connectivity index (χ3v) is 9.49. The summed E-state index contributed by atoms with van der Waals surface area (Å²) < 4.78 is 60.7. The Balaban J connectivity index is 1.11. The number of benzene rings is 1. The molecule has 5 heteroatoms. The van der Waals surface area contributed by atoms with Gasteiger partial charge in [-0.25, -0.2) is 8.78 Å². The van der Waals surface area contributed by atoms with Crippen LogP contribution in [-0.4, -0.2) is 6.11 Å². The smallest absolute Gasteiger partial charge is 0.400 e. The molecular weight excluding hydrogens is 464 g/mol. The van der Waals surface area contributed by atoms with E-state index in [1.54, 1.807) is 5.57 Å². The number of hydrogen-bond acceptors (Lipinski definition) is 1. The minimum Gasteiger partial charge on any atom is -0.432 e. The van der Waals surface area contributed by atoms with E-state index in [-0.39, 0.29) is 5.75 Å². The minimum atomic E-state index is -3.36. The maximum atomic E-state index is 14.7. The quantitative estimate of drug-likeness (QED) is 0.173. The average Bonchev–Trinajstić information content (AvgIpc) is 2.89. The third kappa shape index (κ3) is 7.51. The molecule has 4 rings (SSSR count). The van der Waals surface area contributed by atoms with Gasteiger partial charge in [0.15, 0.2) is 11.6 Å². The molecule has 0 spiro atoms. The van der Waals surface area contributed by atoms with Crippen LogP contribution in [0.15, 0.2) is 29.8 Å². The summed E-state index contributed by atoms with van der Waals surface area (Å²) in [6.07, 6.45) is 17.4. The highest BCUT2D eigenvalue weighted by Crippen LogP contribution is 2.46. The van der Waals surface area contributed by atoms with Gasteiger partial charge in [-0.3, -0.25) is 0 Å². The van der Waals surface area contributed by atoms with Crippen LogP contribution in [0.5, 0.6) is 5.75 Å². The Bertz CT molecular complexity index is 850.